The number of nitrogens with zero attached hydrogens (tertiary/aromatic N) is 2. The van der Waals surface area contributed by atoms with Gasteiger partial charge in [-0.25, -0.2) is 9.78 Å². The van der Waals surface area contributed by atoms with Crippen molar-refractivity contribution in [3.63, 3.8) is 0 Å². The Bertz CT molecular complexity index is 844. The summed E-state index contributed by atoms with van der Waals surface area (Å²) in [6.45, 7) is 3.98. The van der Waals surface area contributed by atoms with Gasteiger partial charge in [0.2, 0.25) is 5.95 Å². The summed E-state index contributed by atoms with van der Waals surface area (Å²) in [5.41, 5.74) is 6.63. The Morgan fingerprint density at radius 1 is 1.33 bits per heavy atom. The molecule has 0 fully saturated rings. The first-order valence-corrected chi connectivity index (χ1v) is 8.70. The molecule has 10 heteroatoms. The fourth-order valence-corrected chi connectivity index (χ4v) is 2.25. The highest BCUT2D eigenvalue weighted by atomic mass is 35.5. The zero-order valence-corrected chi connectivity index (χ0v) is 16.0. The molecule has 0 aliphatic carbocycles. The Balaban J connectivity index is 2.29. The molecular weight excluding hydrogens is 370 g/mol. The SMILES string of the molecule is CCC(C)Nc1nc(Nc2ccc(Cl)c(NC(=O)NC)c2)ncc1C(N)=O. The number of carbonyl (C=O) groups excluding carboxylic acids is 2. The molecule has 1 aromatic carbocycles. The second-order valence-electron chi connectivity index (χ2n) is 5.80. The number of carbonyl (C=O) groups is 2. The molecule has 0 saturated heterocycles. The van der Waals surface area contributed by atoms with Gasteiger partial charge in [0.25, 0.3) is 5.91 Å². The number of urea groups is 1. The number of hydrogen-bond donors (Lipinski definition) is 5. The second-order valence-corrected chi connectivity index (χ2v) is 6.20. The van der Waals surface area contributed by atoms with Crippen molar-refractivity contribution in [3.05, 3.63) is 35.0 Å². The molecule has 0 radical (unpaired) electrons. The molecule has 3 amide bonds. The Kier molecular flexibility index (Phi) is 6.78. The van der Waals surface area contributed by atoms with Gasteiger partial charge in [-0.2, -0.15) is 4.98 Å². The number of rotatable bonds is 7. The van der Waals surface area contributed by atoms with E-state index in [1.165, 1.54) is 13.2 Å². The van der Waals surface area contributed by atoms with Crippen molar-refractivity contribution < 1.29 is 9.59 Å². The highest BCUT2D eigenvalue weighted by Crippen LogP contribution is 2.27. The third-order valence-electron chi connectivity index (χ3n) is 3.75. The van der Waals surface area contributed by atoms with Crippen LogP contribution in [0, 0.1) is 0 Å². The molecule has 27 heavy (non-hydrogen) atoms. The maximum absolute atomic E-state index is 11.6. The number of anilines is 4. The van der Waals surface area contributed by atoms with E-state index in [1.807, 2.05) is 13.8 Å². The van der Waals surface area contributed by atoms with Gasteiger partial charge in [-0.15, -0.1) is 0 Å². The predicted octanol–water partition coefficient (Wildman–Crippen LogP) is 2.93. The maximum atomic E-state index is 11.6. The summed E-state index contributed by atoms with van der Waals surface area (Å²) in [5, 5.41) is 11.6. The first kappa shape index (κ1) is 20.2. The first-order chi connectivity index (χ1) is 12.8. The molecule has 1 atom stereocenters. The highest BCUT2D eigenvalue weighted by molar-refractivity contribution is 6.33. The van der Waals surface area contributed by atoms with Crippen LogP contribution >= 0.6 is 11.6 Å². The van der Waals surface area contributed by atoms with Crippen molar-refractivity contribution in [2.75, 3.05) is 23.0 Å². The molecule has 144 valence electrons. The number of primary amides is 1. The van der Waals surface area contributed by atoms with Crippen LogP contribution in [-0.4, -0.2) is 35.0 Å². The number of amides is 3. The van der Waals surface area contributed by atoms with Crippen molar-refractivity contribution in [1.82, 2.24) is 15.3 Å². The predicted molar refractivity (Wildman–Crippen MR) is 107 cm³/mol. The lowest BCUT2D eigenvalue weighted by Crippen LogP contribution is -2.24. The van der Waals surface area contributed by atoms with Crippen LogP contribution in [0.1, 0.15) is 30.6 Å². The zero-order chi connectivity index (χ0) is 20.0. The summed E-state index contributed by atoms with van der Waals surface area (Å²) in [4.78, 5) is 31.6. The normalized spacial score (nSPS) is 11.4. The lowest BCUT2D eigenvalue weighted by molar-refractivity contribution is 0.100. The van der Waals surface area contributed by atoms with E-state index in [2.05, 4.69) is 31.2 Å². The van der Waals surface area contributed by atoms with E-state index in [9.17, 15) is 9.59 Å². The molecule has 0 saturated carbocycles. The van der Waals surface area contributed by atoms with Crippen LogP contribution in [-0.2, 0) is 0 Å². The summed E-state index contributed by atoms with van der Waals surface area (Å²) in [6.07, 6.45) is 2.21. The van der Waals surface area contributed by atoms with E-state index >= 15 is 0 Å². The smallest absolute Gasteiger partial charge is 0.319 e. The average molecular weight is 392 g/mol. The molecule has 1 heterocycles. The molecule has 6 N–H and O–H groups in total. The highest BCUT2D eigenvalue weighted by Gasteiger charge is 2.14. The summed E-state index contributed by atoms with van der Waals surface area (Å²) in [7, 11) is 1.51. The molecule has 0 spiro atoms. The topological polar surface area (TPSA) is 134 Å². The van der Waals surface area contributed by atoms with Crippen molar-refractivity contribution in [2.24, 2.45) is 5.73 Å². The fraction of sp³-hybridized carbons (Fsp3) is 0.294. The molecule has 1 aromatic heterocycles. The quantitative estimate of drug-likeness (QED) is 0.492. The molecule has 9 nitrogen and oxygen atoms in total. The monoisotopic (exact) mass is 391 g/mol. The molecular formula is C17H22ClN7O2. The van der Waals surface area contributed by atoms with Gasteiger partial charge >= 0.3 is 6.03 Å². The van der Waals surface area contributed by atoms with E-state index < -0.39 is 11.9 Å². The minimum atomic E-state index is -0.615. The van der Waals surface area contributed by atoms with E-state index in [-0.39, 0.29) is 17.6 Å². The standard InChI is InChI=1S/C17H22ClN7O2/c1-4-9(2)22-15-11(14(19)26)8-21-16(25-15)23-10-5-6-12(18)13(7-10)24-17(27)20-3/h5-9H,4H2,1-3H3,(H2,19,26)(H2,20,24,27)(H2,21,22,23,25). The molecule has 2 aromatic rings. The van der Waals surface area contributed by atoms with Gasteiger partial charge in [-0.05, 0) is 31.5 Å². The third-order valence-corrected chi connectivity index (χ3v) is 4.08. The Morgan fingerprint density at radius 2 is 2.07 bits per heavy atom. The van der Waals surface area contributed by atoms with Crippen LogP contribution in [0.25, 0.3) is 0 Å². The first-order valence-electron chi connectivity index (χ1n) is 8.32. The molecule has 0 aliphatic heterocycles. The van der Waals surface area contributed by atoms with Crippen LogP contribution in [0.5, 0.6) is 0 Å². The van der Waals surface area contributed by atoms with Gasteiger partial charge in [0.15, 0.2) is 0 Å². The Labute approximate surface area is 162 Å². The van der Waals surface area contributed by atoms with Crippen molar-refractivity contribution >= 4 is 46.7 Å². The molecule has 2 rings (SSSR count). The van der Waals surface area contributed by atoms with Gasteiger partial charge in [0, 0.05) is 25.0 Å². The van der Waals surface area contributed by atoms with Crippen molar-refractivity contribution in [1.29, 1.82) is 0 Å². The second kappa shape index (κ2) is 9.04. The molecule has 0 aliphatic rings. The summed E-state index contributed by atoms with van der Waals surface area (Å²) < 4.78 is 0. The summed E-state index contributed by atoms with van der Waals surface area (Å²) in [5.74, 6) is 0.00181. The molecule has 0 bridgehead atoms. The number of nitrogens with two attached hydrogens (primary N) is 1. The fourth-order valence-electron chi connectivity index (χ4n) is 2.08. The van der Waals surface area contributed by atoms with Crippen LogP contribution in [0.15, 0.2) is 24.4 Å². The number of halogens is 1. The Morgan fingerprint density at radius 3 is 2.70 bits per heavy atom. The maximum Gasteiger partial charge on any atom is 0.319 e. The Hall–Kier alpha value is -3.07. The number of benzene rings is 1. The lowest BCUT2D eigenvalue weighted by Gasteiger charge is -2.16. The van der Waals surface area contributed by atoms with Gasteiger partial charge < -0.3 is 27.0 Å². The molecule has 1 unspecified atom stereocenters. The van der Waals surface area contributed by atoms with Crippen molar-refractivity contribution in [3.8, 4) is 0 Å². The van der Waals surface area contributed by atoms with Gasteiger partial charge in [-0.3, -0.25) is 4.79 Å². The number of aromatic nitrogens is 2. The lowest BCUT2D eigenvalue weighted by atomic mass is 10.2. The van der Waals surface area contributed by atoms with E-state index in [1.54, 1.807) is 18.2 Å². The van der Waals surface area contributed by atoms with Crippen LogP contribution in [0.4, 0.5) is 27.9 Å². The van der Waals surface area contributed by atoms with E-state index in [0.717, 1.165) is 6.42 Å². The van der Waals surface area contributed by atoms with Gasteiger partial charge in [-0.1, -0.05) is 18.5 Å². The third kappa shape index (κ3) is 5.45. The van der Waals surface area contributed by atoms with Gasteiger partial charge in [0.05, 0.1) is 16.3 Å². The van der Waals surface area contributed by atoms with Gasteiger partial charge in [0.1, 0.15) is 5.82 Å². The van der Waals surface area contributed by atoms with Crippen LogP contribution in [0.3, 0.4) is 0 Å². The number of nitrogens with one attached hydrogen (secondary N) is 4. The largest absolute Gasteiger partial charge is 0.367 e. The van der Waals surface area contributed by atoms with E-state index in [4.69, 9.17) is 17.3 Å². The summed E-state index contributed by atoms with van der Waals surface area (Å²) in [6, 6.07) is 4.70. The summed E-state index contributed by atoms with van der Waals surface area (Å²) >= 11 is 6.09. The average Bonchev–Trinajstić information content (AvgIpc) is 2.64. The van der Waals surface area contributed by atoms with Crippen LogP contribution in [0.2, 0.25) is 5.02 Å². The zero-order valence-electron chi connectivity index (χ0n) is 15.3. The number of hydrogen-bond acceptors (Lipinski definition) is 6. The van der Waals surface area contributed by atoms with Crippen molar-refractivity contribution in [2.45, 2.75) is 26.3 Å². The van der Waals surface area contributed by atoms with E-state index in [0.29, 0.717) is 22.2 Å². The van der Waals surface area contributed by atoms with Crippen LogP contribution < -0.4 is 27.0 Å². The minimum Gasteiger partial charge on any atom is -0.367 e. The minimum absolute atomic E-state index is 0.102.